The molecule has 0 fully saturated rings. The van der Waals surface area contributed by atoms with Gasteiger partial charge in [-0.2, -0.15) is 4.57 Å². The number of amides is 1. The summed E-state index contributed by atoms with van der Waals surface area (Å²) in [6, 6.07) is 9.21. The summed E-state index contributed by atoms with van der Waals surface area (Å²) in [5, 5.41) is 11.7. The van der Waals surface area contributed by atoms with Crippen molar-refractivity contribution in [2.24, 2.45) is 10.9 Å². The molecule has 0 spiro atoms. The maximum Gasteiger partial charge on any atom is 0.249 e. The normalized spacial score (nSPS) is 10.0. The van der Waals surface area contributed by atoms with Crippen molar-refractivity contribution < 1.29 is 53.1 Å². The van der Waals surface area contributed by atoms with Crippen LogP contribution in [0, 0.1) is 0 Å². The molecule has 6 nitrogen and oxygen atoms in total. The van der Waals surface area contributed by atoms with Gasteiger partial charge in [0.2, 0.25) is 11.6 Å². The number of oxime groups is 1. The zero-order chi connectivity index (χ0) is 15.8. The highest BCUT2D eigenvalue weighted by Gasteiger charge is 2.08. The number of pyridine rings is 2. The summed E-state index contributed by atoms with van der Waals surface area (Å²) in [5.74, 6) is -0.411. The largest absolute Gasteiger partial charge is 1.00 e. The van der Waals surface area contributed by atoms with E-state index in [1.165, 1.54) is 6.21 Å². The van der Waals surface area contributed by atoms with E-state index < -0.39 is 5.91 Å². The second kappa shape index (κ2) is 11.7. The Morgan fingerprint density at radius 1 is 1.08 bits per heavy atom. The molecular weight excluding hydrogens is 440 g/mol. The summed E-state index contributed by atoms with van der Waals surface area (Å²) >= 11 is 0. The highest BCUT2D eigenvalue weighted by molar-refractivity contribution is 5.92. The second-order valence-corrected chi connectivity index (χ2v) is 4.96. The van der Waals surface area contributed by atoms with Crippen LogP contribution in [0.4, 0.5) is 0 Å². The first-order chi connectivity index (χ1) is 10.7. The molecule has 0 unspecified atom stereocenters. The van der Waals surface area contributed by atoms with Crippen molar-refractivity contribution in [3.05, 3.63) is 60.2 Å². The predicted molar refractivity (Wildman–Crippen MR) is 80.4 cm³/mol. The molecule has 0 bridgehead atoms. The van der Waals surface area contributed by atoms with Gasteiger partial charge in [-0.3, -0.25) is 4.79 Å². The summed E-state index contributed by atoms with van der Waals surface area (Å²) in [7, 11) is 0. The van der Waals surface area contributed by atoms with Crippen molar-refractivity contribution in [3.63, 3.8) is 0 Å². The molecule has 130 valence electrons. The van der Waals surface area contributed by atoms with Gasteiger partial charge < -0.3 is 44.9 Å². The van der Waals surface area contributed by atoms with E-state index in [4.69, 9.17) is 10.9 Å². The first-order valence-corrected chi connectivity index (χ1v) is 7.15. The van der Waals surface area contributed by atoms with Crippen molar-refractivity contribution in [2.45, 2.75) is 25.9 Å². The lowest BCUT2D eigenvalue weighted by Crippen LogP contribution is -3.00. The maximum absolute atomic E-state index is 11.0. The van der Waals surface area contributed by atoms with Crippen LogP contribution < -0.4 is 48.8 Å². The second-order valence-electron chi connectivity index (χ2n) is 4.96. The lowest BCUT2D eigenvalue weighted by Gasteiger charge is -2.00. The Balaban J connectivity index is 0.00000264. The Morgan fingerprint density at radius 2 is 1.75 bits per heavy atom. The molecule has 2 aromatic rings. The number of nitrogens with two attached hydrogens (primary N) is 1. The van der Waals surface area contributed by atoms with Gasteiger partial charge in [0.1, 0.15) is 19.3 Å². The van der Waals surface area contributed by atoms with Gasteiger partial charge in [0.15, 0.2) is 18.6 Å². The van der Waals surface area contributed by atoms with Crippen LogP contribution >= 0.6 is 0 Å². The van der Waals surface area contributed by atoms with Crippen LogP contribution in [0.3, 0.4) is 0 Å². The van der Waals surface area contributed by atoms with E-state index in [-0.39, 0.29) is 34.0 Å². The van der Waals surface area contributed by atoms with E-state index in [1.54, 1.807) is 12.1 Å². The molecule has 2 aromatic heterocycles. The summed E-state index contributed by atoms with van der Waals surface area (Å²) in [6.07, 6.45) is 9.10. The van der Waals surface area contributed by atoms with Crippen LogP contribution in [0.1, 0.15) is 28.9 Å². The van der Waals surface area contributed by atoms with Crippen LogP contribution in [-0.4, -0.2) is 17.3 Å². The molecule has 2 rings (SSSR count). The average Bonchev–Trinajstić information content (AvgIpc) is 2.53. The van der Waals surface area contributed by atoms with Crippen molar-refractivity contribution >= 4 is 12.1 Å². The third-order valence-corrected chi connectivity index (χ3v) is 3.41. The molecule has 2 heterocycles. The van der Waals surface area contributed by atoms with E-state index >= 15 is 0 Å². The van der Waals surface area contributed by atoms with E-state index in [0.717, 1.165) is 31.6 Å². The lowest BCUT2D eigenvalue weighted by molar-refractivity contribution is -0.708. The van der Waals surface area contributed by atoms with Crippen LogP contribution in [0.5, 0.6) is 0 Å². The number of hydrogen-bond acceptors (Lipinski definition) is 3. The number of primary amides is 1. The van der Waals surface area contributed by atoms with Crippen LogP contribution in [0.15, 0.2) is 54.1 Å². The van der Waals surface area contributed by atoms with E-state index in [0.29, 0.717) is 5.56 Å². The Bertz CT molecular complexity index is 663. The molecular formula is C16H20Br2N4O2. The van der Waals surface area contributed by atoms with Gasteiger partial charge in [-0.25, -0.2) is 4.57 Å². The maximum atomic E-state index is 11.0. The first-order valence-electron chi connectivity index (χ1n) is 7.15. The van der Waals surface area contributed by atoms with Gasteiger partial charge in [0, 0.05) is 37.1 Å². The van der Waals surface area contributed by atoms with Gasteiger partial charge in [0.05, 0.1) is 5.56 Å². The quantitative estimate of drug-likeness (QED) is 0.142. The van der Waals surface area contributed by atoms with Crippen molar-refractivity contribution in [1.82, 2.24) is 0 Å². The number of hydrogen-bond donors (Lipinski definition) is 2. The number of unbranched alkanes of at least 4 members (excludes halogenated alkanes) is 1. The van der Waals surface area contributed by atoms with Crippen molar-refractivity contribution in [1.29, 1.82) is 0 Å². The monoisotopic (exact) mass is 458 g/mol. The molecule has 0 aliphatic carbocycles. The summed E-state index contributed by atoms with van der Waals surface area (Å²) < 4.78 is 4.07. The van der Waals surface area contributed by atoms with Crippen molar-refractivity contribution in [3.8, 4) is 0 Å². The number of aromatic nitrogens is 2. The van der Waals surface area contributed by atoms with Crippen LogP contribution in [0.25, 0.3) is 0 Å². The first kappa shape index (κ1) is 22.2. The topological polar surface area (TPSA) is 83.4 Å². The third-order valence-electron chi connectivity index (χ3n) is 3.41. The van der Waals surface area contributed by atoms with Crippen LogP contribution in [0.2, 0.25) is 0 Å². The van der Waals surface area contributed by atoms with E-state index in [2.05, 4.69) is 5.16 Å². The number of carbonyl (C=O) groups is 1. The SMILES string of the molecule is NC(=O)c1cc[n+](CCCC[n+]2ccccc2/C=N/O)cc1.[Br-].[Br-]. The molecule has 3 N–H and O–H groups in total. The number of rotatable bonds is 7. The highest BCUT2D eigenvalue weighted by Crippen LogP contribution is 1.95. The van der Waals surface area contributed by atoms with Crippen LogP contribution in [-0.2, 0) is 13.1 Å². The molecule has 0 radical (unpaired) electrons. The fraction of sp³-hybridized carbons (Fsp3) is 0.250. The standard InChI is InChI=1S/C16H18N4O2.2BrH/c17-16(21)14-6-11-19(12-7-14)8-3-4-10-20-9-2-1-5-15(20)13-18-22;;/h1-2,5-7,9,11-13H,3-4,8,10H2,(H-,17,21);2*1H. The number of carbonyl (C=O) groups excluding carboxylic acids is 1. The minimum absolute atomic E-state index is 0. The van der Waals surface area contributed by atoms with Crippen molar-refractivity contribution in [2.75, 3.05) is 0 Å². The lowest BCUT2D eigenvalue weighted by atomic mass is 10.2. The summed E-state index contributed by atoms with van der Waals surface area (Å²) in [4.78, 5) is 11.0. The molecule has 0 aliphatic rings. The highest BCUT2D eigenvalue weighted by atomic mass is 79.9. The third kappa shape index (κ3) is 6.76. The van der Waals surface area contributed by atoms with Gasteiger partial charge in [-0.05, 0) is 6.07 Å². The van der Waals surface area contributed by atoms with E-state index in [9.17, 15) is 4.79 Å². The number of halogens is 2. The average molecular weight is 460 g/mol. The van der Waals surface area contributed by atoms with E-state index in [1.807, 2.05) is 45.9 Å². The Morgan fingerprint density at radius 3 is 2.38 bits per heavy atom. The predicted octanol–water partition coefficient (Wildman–Crippen LogP) is -5.34. The minimum atomic E-state index is -0.411. The molecule has 8 heteroatoms. The smallest absolute Gasteiger partial charge is 0.249 e. The van der Waals surface area contributed by atoms with Gasteiger partial charge in [0.25, 0.3) is 0 Å². The fourth-order valence-electron chi connectivity index (χ4n) is 2.22. The Kier molecular flexibility index (Phi) is 10.8. The van der Waals surface area contributed by atoms with Gasteiger partial charge >= 0.3 is 0 Å². The molecule has 1 amide bonds. The zero-order valence-corrected chi connectivity index (χ0v) is 16.2. The molecule has 0 aliphatic heterocycles. The molecule has 0 aromatic carbocycles. The van der Waals surface area contributed by atoms with Gasteiger partial charge in [-0.15, -0.1) is 0 Å². The molecule has 0 saturated heterocycles. The Labute approximate surface area is 162 Å². The Hall–Kier alpha value is -1.80. The minimum Gasteiger partial charge on any atom is -1.00 e. The number of nitrogens with zero attached hydrogens (tertiary/aromatic N) is 3. The van der Waals surface area contributed by atoms with Gasteiger partial charge in [-0.1, -0.05) is 5.16 Å². The molecule has 0 atom stereocenters. The molecule has 0 saturated carbocycles. The summed E-state index contributed by atoms with van der Waals surface area (Å²) in [5.41, 5.74) is 6.59. The molecule has 24 heavy (non-hydrogen) atoms. The fourth-order valence-corrected chi connectivity index (χ4v) is 2.22. The summed E-state index contributed by atoms with van der Waals surface area (Å²) in [6.45, 7) is 1.72. The number of aryl methyl sites for hydroxylation is 2. The zero-order valence-electron chi connectivity index (χ0n) is 13.1.